The molecule has 1 aliphatic rings. The van der Waals surface area contributed by atoms with Gasteiger partial charge in [0.2, 0.25) is 0 Å². The average Bonchev–Trinajstić information content (AvgIpc) is 2.98. The number of carbonyl (C=O) groups excluding carboxylic acids is 1. The number of ether oxygens (including phenoxy) is 1. The standard InChI is InChI=1S/C19H23Cl2F3N2O3/c1-3-4-5-6-7-14-11-18(28,19(22,23)24)26(25-14)17(27)12(2)29-16-9-8-13(20)10-15(16)21/h8-10,12,28H,3-7,11H2,1-2H3/t12-,18-/m1/s1. The van der Waals surface area contributed by atoms with Gasteiger partial charge in [0.05, 0.1) is 5.02 Å². The van der Waals surface area contributed by atoms with Gasteiger partial charge in [0.1, 0.15) is 5.75 Å². The lowest BCUT2D eigenvalue weighted by molar-refractivity contribution is -0.303. The first-order valence-corrected chi connectivity index (χ1v) is 10.1. The molecule has 1 amide bonds. The number of halogens is 5. The molecule has 1 heterocycles. The van der Waals surface area contributed by atoms with Crippen LogP contribution < -0.4 is 4.74 Å². The summed E-state index contributed by atoms with van der Waals surface area (Å²) in [5.41, 5.74) is -3.27. The lowest BCUT2D eigenvalue weighted by Crippen LogP contribution is -2.58. The Kier molecular flexibility index (Phi) is 7.81. The molecule has 1 aromatic rings. The van der Waals surface area contributed by atoms with Gasteiger partial charge in [-0.2, -0.15) is 23.3 Å². The van der Waals surface area contributed by atoms with Crippen LogP contribution in [0.2, 0.25) is 10.0 Å². The zero-order valence-corrected chi connectivity index (χ0v) is 17.6. The summed E-state index contributed by atoms with van der Waals surface area (Å²) in [6.45, 7) is 3.28. The monoisotopic (exact) mass is 454 g/mol. The number of aliphatic hydroxyl groups is 1. The summed E-state index contributed by atoms with van der Waals surface area (Å²) < 4.78 is 46.1. The highest BCUT2D eigenvalue weighted by atomic mass is 35.5. The third-order valence-electron chi connectivity index (χ3n) is 4.57. The molecule has 0 bridgehead atoms. The van der Waals surface area contributed by atoms with Crippen LogP contribution in [0, 0.1) is 0 Å². The van der Waals surface area contributed by atoms with Crippen molar-refractivity contribution >= 4 is 34.8 Å². The van der Waals surface area contributed by atoms with Crippen LogP contribution in [0.4, 0.5) is 13.2 Å². The van der Waals surface area contributed by atoms with Crippen molar-refractivity contribution in [3.8, 4) is 5.75 Å². The predicted molar refractivity (Wildman–Crippen MR) is 105 cm³/mol. The Hall–Kier alpha value is -1.51. The maximum absolute atomic E-state index is 13.6. The van der Waals surface area contributed by atoms with Gasteiger partial charge in [0, 0.05) is 17.2 Å². The maximum Gasteiger partial charge on any atom is 0.438 e. The second kappa shape index (κ2) is 9.53. The van der Waals surface area contributed by atoms with Gasteiger partial charge in [0.25, 0.3) is 11.6 Å². The number of hydrazone groups is 1. The molecule has 162 valence electrons. The molecule has 1 aromatic carbocycles. The van der Waals surface area contributed by atoms with Crippen LogP contribution in [0.5, 0.6) is 5.75 Å². The molecule has 10 heteroatoms. The van der Waals surface area contributed by atoms with E-state index >= 15 is 0 Å². The Morgan fingerprint density at radius 1 is 1.34 bits per heavy atom. The van der Waals surface area contributed by atoms with Crippen molar-refractivity contribution in [3.05, 3.63) is 28.2 Å². The molecular formula is C19H23Cl2F3N2O3. The first-order chi connectivity index (χ1) is 13.5. The molecule has 5 nitrogen and oxygen atoms in total. The first-order valence-electron chi connectivity index (χ1n) is 9.31. The Balaban J connectivity index is 2.19. The third-order valence-corrected chi connectivity index (χ3v) is 5.10. The topological polar surface area (TPSA) is 62.1 Å². The van der Waals surface area contributed by atoms with Gasteiger partial charge in [0.15, 0.2) is 6.10 Å². The Morgan fingerprint density at radius 3 is 2.62 bits per heavy atom. The lowest BCUT2D eigenvalue weighted by atomic mass is 10.0. The first kappa shape index (κ1) is 23.8. The minimum absolute atomic E-state index is 0.0791. The van der Waals surface area contributed by atoms with Gasteiger partial charge in [-0.3, -0.25) is 4.79 Å². The van der Waals surface area contributed by atoms with Crippen LogP contribution in [-0.2, 0) is 4.79 Å². The van der Waals surface area contributed by atoms with Crippen molar-refractivity contribution < 1.29 is 27.8 Å². The molecule has 0 fully saturated rings. The Labute approximate surface area is 177 Å². The number of alkyl halides is 3. The normalized spacial score (nSPS) is 20.6. The van der Waals surface area contributed by atoms with Crippen molar-refractivity contribution in [1.29, 1.82) is 0 Å². The number of nitrogens with zero attached hydrogens (tertiary/aromatic N) is 2. The minimum Gasteiger partial charge on any atom is -0.479 e. The van der Waals surface area contributed by atoms with Crippen LogP contribution in [0.25, 0.3) is 0 Å². The fourth-order valence-electron chi connectivity index (χ4n) is 2.95. The molecule has 0 unspecified atom stereocenters. The van der Waals surface area contributed by atoms with Crippen molar-refractivity contribution in [2.45, 2.75) is 70.4 Å². The molecule has 29 heavy (non-hydrogen) atoms. The van der Waals surface area contributed by atoms with E-state index in [9.17, 15) is 23.1 Å². The number of hydrogen-bond donors (Lipinski definition) is 1. The summed E-state index contributed by atoms with van der Waals surface area (Å²) in [7, 11) is 0. The van der Waals surface area contributed by atoms with E-state index in [4.69, 9.17) is 27.9 Å². The van der Waals surface area contributed by atoms with E-state index in [2.05, 4.69) is 5.10 Å². The summed E-state index contributed by atoms with van der Waals surface area (Å²) in [5, 5.41) is 14.6. The zero-order chi connectivity index (χ0) is 21.8. The van der Waals surface area contributed by atoms with Crippen LogP contribution in [0.3, 0.4) is 0 Å². The van der Waals surface area contributed by atoms with Gasteiger partial charge in [-0.15, -0.1) is 0 Å². The zero-order valence-electron chi connectivity index (χ0n) is 16.1. The quantitative estimate of drug-likeness (QED) is 0.522. The second-order valence-electron chi connectivity index (χ2n) is 6.95. The van der Waals surface area contributed by atoms with Gasteiger partial charge in [-0.1, -0.05) is 49.4 Å². The molecule has 0 aliphatic carbocycles. The Bertz CT molecular complexity index is 774. The molecule has 2 atom stereocenters. The fourth-order valence-corrected chi connectivity index (χ4v) is 3.40. The van der Waals surface area contributed by atoms with Gasteiger partial charge in [-0.05, 0) is 38.0 Å². The van der Waals surface area contributed by atoms with E-state index in [1.807, 2.05) is 6.92 Å². The number of carbonyl (C=O) groups is 1. The minimum atomic E-state index is -5.07. The van der Waals surface area contributed by atoms with Crippen molar-refractivity contribution in [2.24, 2.45) is 5.10 Å². The molecule has 0 saturated carbocycles. The molecule has 1 aliphatic heterocycles. The van der Waals surface area contributed by atoms with Crippen LogP contribution >= 0.6 is 23.2 Å². The largest absolute Gasteiger partial charge is 0.479 e. The van der Waals surface area contributed by atoms with Gasteiger partial charge >= 0.3 is 6.18 Å². The summed E-state index contributed by atoms with van der Waals surface area (Å²) in [6.07, 6.45) is -3.54. The summed E-state index contributed by atoms with van der Waals surface area (Å²) in [4.78, 5) is 12.7. The fraction of sp³-hybridized carbons (Fsp3) is 0.579. The predicted octanol–water partition coefficient (Wildman–Crippen LogP) is 5.57. The van der Waals surface area contributed by atoms with Crippen LogP contribution in [0.15, 0.2) is 23.3 Å². The number of hydrogen-bond acceptors (Lipinski definition) is 4. The van der Waals surface area contributed by atoms with E-state index in [1.165, 1.54) is 25.1 Å². The van der Waals surface area contributed by atoms with E-state index < -0.39 is 30.3 Å². The third kappa shape index (κ3) is 5.55. The lowest BCUT2D eigenvalue weighted by Gasteiger charge is -2.33. The van der Waals surface area contributed by atoms with Crippen LogP contribution in [-0.4, -0.2) is 39.7 Å². The Morgan fingerprint density at radius 2 is 2.03 bits per heavy atom. The number of amides is 1. The number of rotatable bonds is 8. The molecule has 0 radical (unpaired) electrons. The smallest absolute Gasteiger partial charge is 0.438 e. The van der Waals surface area contributed by atoms with E-state index in [0.29, 0.717) is 11.4 Å². The molecule has 0 saturated heterocycles. The highest BCUT2D eigenvalue weighted by Crippen LogP contribution is 2.41. The molecule has 0 aromatic heterocycles. The van der Waals surface area contributed by atoms with Crippen molar-refractivity contribution in [3.63, 3.8) is 0 Å². The SMILES string of the molecule is CCCCCCC1=NN(C(=O)[C@@H](C)Oc2ccc(Cl)cc2Cl)[C@](O)(C(F)(F)F)C1. The van der Waals surface area contributed by atoms with E-state index in [1.54, 1.807) is 0 Å². The van der Waals surface area contributed by atoms with Crippen molar-refractivity contribution in [2.75, 3.05) is 0 Å². The van der Waals surface area contributed by atoms with E-state index in [-0.39, 0.29) is 27.9 Å². The average molecular weight is 455 g/mol. The highest BCUT2D eigenvalue weighted by Gasteiger charge is 2.63. The second-order valence-corrected chi connectivity index (χ2v) is 7.80. The van der Waals surface area contributed by atoms with Crippen molar-refractivity contribution in [1.82, 2.24) is 5.01 Å². The summed E-state index contributed by atoms with van der Waals surface area (Å²) in [5.74, 6) is -1.05. The molecular weight excluding hydrogens is 432 g/mol. The number of unbranched alkanes of at least 4 members (excludes halogenated alkanes) is 3. The van der Waals surface area contributed by atoms with Crippen LogP contribution in [0.1, 0.15) is 52.4 Å². The molecule has 1 N–H and O–H groups in total. The van der Waals surface area contributed by atoms with E-state index in [0.717, 1.165) is 19.3 Å². The molecule has 0 spiro atoms. The maximum atomic E-state index is 13.6. The van der Waals surface area contributed by atoms with Gasteiger partial charge in [-0.25, -0.2) is 0 Å². The molecule has 2 rings (SSSR count). The number of benzene rings is 1. The summed E-state index contributed by atoms with van der Waals surface area (Å²) in [6, 6.07) is 4.25. The highest BCUT2D eigenvalue weighted by molar-refractivity contribution is 6.35. The van der Waals surface area contributed by atoms with Gasteiger partial charge < -0.3 is 9.84 Å². The summed E-state index contributed by atoms with van der Waals surface area (Å²) >= 11 is 11.8.